The third kappa shape index (κ3) is 2.72. The van der Waals surface area contributed by atoms with Gasteiger partial charge in [0.1, 0.15) is 0 Å². The molecule has 1 aromatic heterocycles. The summed E-state index contributed by atoms with van der Waals surface area (Å²) in [7, 11) is 4.38. The zero-order chi connectivity index (χ0) is 12.3. The molecule has 0 bridgehead atoms. The Morgan fingerprint density at radius 1 is 1.41 bits per heavy atom. The second-order valence-electron chi connectivity index (χ2n) is 5.43. The van der Waals surface area contributed by atoms with Crippen LogP contribution in [0.2, 0.25) is 0 Å². The number of aryl methyl sites for hydroxylation is 1. The van der Waals surface area contributed by atoms with Crippen LogP contribution in [0.1, 0.15) is 37.0 Å². The zero-order valence-electron chi connectivity index (χ0n) is 11.0. The molecule has 2 rings (SSSR count). The summed E-state index contributed by atoms with van der Waals surface area (Å²) in [6.07, 6.45) is 7.46. The maximum atomic E-state index is 6.49. The lowest BCUT2D eigenvalue weighted by molar-refractivity contribution is 0.119. The monoisotopic (exact) mass is 252 g/mol. The molecule has 0 saturated heterocycles. The largest absolute Gasteiger partial charge is 0.326 e. The van der Waals surface area contributed by atoms with E-state index in [-0.39, 0.29) is 5.54 Å². The van der Waals surface area contributed by atoms with E-state index in [1.165, 1.54) is 30.6 Å². The van der Waals surface area contributed by atoms with Crippen LogP contribution < -0.4 is 5.73 Å². The van der Waals surface area contributed by atoms with Crippen LogP contribution in [0, 0.1) is 0 Å². The minimum absolute atomic E-state index is 0.261. The van der Waals surface area contributed by atoms with E-state index in [0.717, 1.165) is 12.8 Å². The highest BCUT2D eigenvalue weighted by atomic mass is 32.1. The summed E-state index contributed by atoms with van der Waals surface area (Å²) in [6.45, 7) is 0. The highest BCUT2D eigenvalue weighted by Gasteiger charge is 2.40. The fraction of sp³-hybridized carbons (Fsp3) is 0.714. The predicted molar refractivity (Wildman–Crippen MR) is 75.5 cm³/mol. The minimum atomic E-state index is 0.261. The van der Waals surface area contributed by atoms with Crippen LogP contribution in [-0.4, -0.2) is 30.6 Å². The first-order chi connectivity index (χ1) is 8.15. The fourth-order valence-corrected chi connectivity index (χ4v) is 3.88. The van der Waals surface area contributed by atoms with Crippen molar-refractivity contribution < 1.29 is 0 Å². The van der Waals surface area contributed by atoms with Gasteiger partial charge in [-0.05, 0) is 51.2 Å². The molecule has 0 radical (unpaired) electrons. The van der Waals surface area contributed by atoms with Crippen molar-refractivity contribution in [3.63, 3.8) is 0 Å². The molecule has 1 unspecified atom stereocenters. The van der Waals surface area contributed by atoms with Gasteiger partial charge in [0.2, 0.25) is 0 Å². The third-order valence-electron chi connectivity index (χ3n) is 4.33. The van der Waals surface area contributed by atoms with E-state index in [1.807, 2.05) is 11.3 Å². The van der Waals surface area contributed by atoms with Crippen LogP contribution in [0.15, 0.2) is 17.5 Å². The first kappa shape index (κ1) is 13.1. The summed E-state index contributed by atoms with van der Waals surface area (Å²) in [5, 5.41) is 2.15. The Bertz CT molecular complexity index is 326. The topological polar surface area (TPSA) is 29.3 Å². The van der Waals surface area contributed by atoms with Crippen LogP contribution >= 0.6 is 11.3 Å². The van der Waals surface area contributed by atoms with Crippen molar-refractivity contribution in [2.45, 2.75) is 50.1 Å². The number of nitrogens with zero attached hydrogens (tertiary/aromatic N) is 1. The highest BCUT2D eigenvalue weighted by molar-refractivity contribution is 7.09. The maximum absolute atomic E-state index is 6.49. The molecule has 2 N–H and O–H groups in total. The molecule has 0 aromatic carbocycles. The van der Waals surface area contributed by atoms with Crippen molar-refractivity contribution in [3.8, 4) is 0 Å². The Balaban J connectivity index is 1.95. The van der Waals surface area contributed by atoms with Gasteiger partial charge in [-0.3, -0.25) is 0 Å². The molecule has 1 fully saturated rings. The molecule has 0 amide bonds. The molecule has 3 heteroatoms. The van der Waals surface area contributed by atoms with Gasteiger partial charge in [-0.1, -0.05) is 18.9 Å². The first-order valence-corrected chi connectivity index (χ1v) is 7.48. The summed E-state index contributed by atoms with van der Waals surface area (Å²) in [4.78, 5) is 3.84. The molecule has 1 aliphatic carbocycles. The van der Waals surface area contributed by atoms with Crippen molar-refractivity contribution in [2.24, 2.45) is 5.73 Å². The Morgan fingerprint density at radius 2 is 2.12 bits per heavy atom. The lowest BCUT2D eigenvalue weighted by atomic mass is 9.84. The molecule has 96 valence electrons. The molecule has 1 heterocycles. The van der Waals surface area contributed by atoms with Gasteiger partial charge in [0.15, 0.2) is 0 Å². The SMILES string of the molecule is CN(C)C1(C(N)CCc2cccs2)CCCC1. The van der Waals surface area contributed by atoms with Crippen LogP contribution in [0.25, 0.3) is 0 Å². The summed E-state index contributed by atoms with van der Waals surface area (Å²) >= 11 is 1.85. The number of hydrogen-bond acceptors (Lipinski definition) is 3. The van der Waals surface area contributed by atoms with Gasteiger partial charge in [0.25, 0.3) is 0 Å². The van der Waals surface area contributed by atoms with E-state index in [1.54, 1.807) is 0 Å². The molecule has 17 heavy (non-hydrogen) atoms. The molecule has 0 aliphatic heterocycles. The smallest absolute Gasteiger partial charge is 0.0354 e. The summed E-state index contributed by atoms with van der Waals surface area (Å²) in [5.41, 5.74) is 6.76. The minimum Gasteiger partial charge on any atom is -0.326 e. The van der Waals surface area contributed by atoms with Crippen LogP contribution in [0.5, 0.6) is 0 Å². The lowest BCUT2D eigenvalue weighted by Gasteiger charge is -2.41. The average Bonchev–Trinajstić information content (AvgIpc) is 2.97. The van der Waals surface area contributed by atoms with E-state index in [9.17, 15) is 0 Å². The number of rotatable bonds is 5. The molecular weight excluding hydrogens is 228 g/mol. The second-order valence-corrected chi connectivity index (χ2v) is 6.46. The quantitative estimate of drug-likeness (QED) is 0.873. The third-order valence-corrected chi connectivity index (χ3v) is 5.27. The Morgan fingerprint density at radius 3 is 2.65 bits per heavy atom. The standard InChI is InChI=1S/C14H24N2S/c1-16(2)14(9-3-4-10-14)13(15)8-7-12-6-5-11-17-12/h5-6,11,13H,3-4,7-10,15H2,1-2H3. The van der Waals surface area contributed by atoms with Crippen molar-refractivity contribution in [2.75, 3.05) is 14.1 Å². The Kier molecular flexibility index (Phi) is 4.23. The van der Waals surface area contributed by atoms with Gasteiger partial charge in [0.05, 0.1) is 0 Å². The van der Waals surface area contributed by atoms with Crippen molar-refractivity contribution in [1.29, 1.82) is 0 Å². The number of likely N-dealkylation sites (N-methyl/N-ethyl adjacent to an activating group) is 1. The number of nitrogens with two attached hydrogens (primary N) is 1. The molecule has 1 atom stereocenters. The molecule has 1 aromatic rings. The van der Waals surface area contributed by atoms with Crippen molar-refractivity contribution in [3.05, 3.63) is 22.4 Å². The van der Waals surface area contributed by atoms with Crippen LogP contribution in [0.3, 0.4) is 0 Å². The summed E-state index contributed by atoms with van der Waals surface area (Å²) < 4.78 is 0. The first-order valence-electron chi connectivity index (χ1n) is 6.60. The van der Waals surface area contributed by atoms with E-state index in [4.69, 9.17) is 5.73 Å². The zero-order valence-corrected chi connectivity index (χ0v) is 11.8. The molecule has 0 spiro atoms. The fourth-order valence-electron chi connectivity index (χ4n) is 3.16. The summed E-state index contributed by atoms with van der Waals surface area (Å²) in [5.74, 6) is 0. The average molecular weight is 252 g/mol. The highest BCUT2D eigenvalue weighted by Crippen LogP contribution is 2.37. The van der Waals surface area contributed by atoms with E-state index < -0.39 is 0 Å². The van der Waals surface area contributed by atoms with Gasteiger partial charge in [-0.25, -0.2) is 0 Å². The predicted octanol–water partition coefficient (Wildman–Crippen LogP) is 2.88. The second kappa shape index (κ2) is 5.51. The van der Waals surface area contributed by atoms with E-state index in [2.05, 4.69) is 36.5 Å². The summed E-state index contributed by atoms with van der Waals surface area (Å²) in [6, 6.07) is 4.65. The normalized spacial score (nSPS) is 20.9. The molecule has 1 saturated carbocycles. The van der Waals surface area contributed by atoms with Crippen molar-refractivity contribution in [1.82, 2.24) is 4.90 Å². The van der Waals surface area contributed by atoms with E-state index in [0.29, 0.717) is 6.04 Å². The van der Waals surface area contributed by atoms with Crippen molar-refractivity contribution >= 4 is 11.3 Å². The van der Waals surface area contributed by atoms with Gasteiger partial charge in [0, 0.05) is 16.5 Å². The van der Waals surface area contributed by atoms with Gasteiger partial charge in [-0.15, -0.1) is 11.3 Å². The number of thiophene rings is 1. The van der Waals surface area contributed by atoms with Crippen LogP contribution in [-0.2, 0) is 6.42 Å². The van der Waals surface area contributed by atoms with Crippen LogP contribution in [0.4, 0.5) is 0 Å². The molecule has 2 nitrogen and oxygen atoms in total. The van der Waals surface area contributed by atoms with Gasteiger partial charge >= 0.3 is 0 Å². The molecular formula is C14H24N2S. The molecule has 1 aliphatic rings. The lowest BCUT2D eigenvalue weighted by Crippen LogP contribution is -2.55. The maximum Gasteiger partial charge on any atom is 0.0354 e. The van der Waals surface area contributed by atoms with Gasteiger partial charge in [-0.2, -0.15) is 0 Å². The van der Waals surface area contributed by atoms with E-state index >= 15 is 0 Å². The van der Waals surface area contributed by atoms with Gasteiger partial charge < -0.3 is 10.6 Å². The Labute approximate surface area is 109 Å². The number of hydrogen-bond donors (Lipinski definition) is 1. The Hall–Kier alpha value is -0.380.